The second kappa shape index (κ2) is 8.00. The molecule has 1 aromatic rings. The lowest BCUT2D eigenvalue weighted by atomic mass is 10.2. The van der Waals surface area contributed by atoms with Gasteiger partial charge in [-0.25, -0.2) is 14.6 Å². The Bertz CT molecular complexity index is 697. The van der Waals surface area contributed by atoms with Gasteiger partial charge in [-0.2, -0.15) is 0 Å². The number of carbonyl (C=O) groups excluding carboxylic acids is 2. The maximum atomic E-state index is 12.3. The Hall–Kier alpha value is -2.20. The van der Waals surface area contributed by atoms with Gasteiger partial charge in [0.15, 0.2) is 5.01 Å². The summed E-state index contributed by atoms with van der Waals surface area (Å²) in [6, 6.07) is -1.28. The first-order valence-electron chi connectivity index (χ1n) is 8.23. The molecule has 1 aliphatic rings. The number of alkyl carbamates (subject to hydrolysis) is 1. The van der Waals surface area contributed by atoms with E-state index in [4.69, 9.17) is 4.74 Å². The molecule has 2 amide bonds. The highest BCUT2D eigenvalue weighted by Crippen LogP contribution is 2.24. The fraction of sp³-hybridized carbons (Fsp3) is 0.625. The van der Waals surface area contributed by atoms with Crippen LogP contribution in [0.4, 0.5) is 4.79 Å². The summed E-state index contributed by atoms with van der Waals surface area (Å²) in [6.07, 6.45) is 0.0174. The van der Waals surface area contributed by atoms with Crippen molar-refractivity contribution in [2.45, 2.75) is 45.4 Å². The number of hydrogen-bond acceptors (Lipinski definition) is 7. The first-order chi connectivity index (χ1) is 12.0. The van der Waals surface area contributed by atoms with Gasteiger partial charge in [-0.1, -0.05) is 0 Å². The van der Waals surface area contributed by atoms with Crippen LogP contribution in [-0.4, -0.2) is 64.7 Å². The lowest BCUT2D eigenvalue weighted by Crippen LogP contribution is -2.49. The molecular weight excluding hydrogens is 360 g/mol. The van der Waals surface area contributed by atoms with Crippen LogP contribution in [0, 0.1) is 0 Å². The molecule has 0 unspecified atom stereocenters. The molecule has 0 aliphatic carbocycles. The number of amides is 2. The molecule has 0 saturated heterocycles. The van der Waals surface area contributed by atoms with Gasteiger partial charge < -0.3 is 25.4 Å². The molecule has 9 nitrogen and oxygen atoms in total. The van der Waals surface area contributed by atoms with E-state index in [0.717, 1.165) is 30.1 Å². The quantitative estimate of drug-likeness (QED) is 0.688. The van der Waals surface area contributed by atoms with Crippen molar-refractivity contribution in [3.8, 4) is 0 Å². The molecule has 1 atom stereocenters. The van der Waals surface area contributed by atoms with Crippen LogP contribution in [0.2, 0.25) is 0 Å². The van der Waals surface area contributed by atoms with Gasteiger partial charge in [-0.15, -0.1) is 11.3 Å². The average Bonchev–Trinajstić information content (AvgIpc) is 2.92. The molecule has 1 aliphatic heterocycles. The molecular formula is C16H24N4O5S. The van der Waals surface area contributed by atoms with Gasteiger partial charge in [0.25, 0.3) is 5.91 Å². The largest absolute Gasteiger partial charge is 0.480 e. The van der Waals surface area contributed by atoms with Crippen molar-refractivity contribution in [2.24, 2.45) is 0 Å². The zero-order valence-corrected chi connectivity index (χ0v) is 16.1. The predicted octanol–water partition coefficient (Wildman–Crippen LogP) is 0.839. The zero-order valence-electron chi connectivity index (χ0n) is 15.3. The van der Waals surface area contributed by atoms with Gasteiger partial charge in [-0.05, 0) is 27.8 Å². The number of nitrogens with zero attached hydrogens (tertiary/aromatic N) is 2. The third kappa shape index (κ3) is 5.67. The van der Waals surface area contributed by atoms with E-state index in [0.29, 0.717) is 0 Å². The van der Waals surface area contributed by atoms with Gasteiger partial charge in [0.05, 0.1) is 12.2 Å². The Morgan fingerprint density at radius 1 is 1.38 bits per heavy atom. The maximum Gasteiger partial charge on any atom is 0.407 e. The molecule has 0 spiro atoms. The Balaban J connectivity index is 1.96. The Morgan fingerprint density at radius 3 is 2.69 bits per heavy atom. The van der Waals surface area contributed by atoms with Crippen molar-refractivity contribution in [3.63, 3.8) is 0 Å². The van der Waals surface area contributed by atoms with E-state index in [2.05, 4.69) is 20.5 Å². The maximum absolute atomic E-state index is 12.3. The SMILES string of the molecule is CN1CCc2nc(C(=O)N[C@@H](CNC(=O)OC(C)(C)C)C(=O)O)sc2C1. The summed E-state index contributed by atoms with van der Waals surface area (Å²) < 4.78 is 5.05. The first kappa shape index (κ1) is 20.1. The third-order valence-corrected chi connectivity index (χ3v) is 4.65. The minimum absolute atomic E-state index is 0.230. The highest BCUT2D eigenvalue weighted by atomic mass is 32.1. The number of thiazole rings is 1. The van der Waals surface area contributed by atoms with Gasteiger partial charge in [-0.3, -0.25) is 4.79 Å². The number of carboxylic acid groups (broad SMARTS) is 1. The summed E-state index contributed by atoms with van der Waals surface area (Å²) in [7, 11) is 1.99. The van der Waals surface area contributed by atoms with Crippen LogP contribution in [0.3, 0.4) is 0 Å². The topological polar surface area (TPSA) is 121 Å². The number of carbonyl (C=O) groups is 3. The fourth-order valence-electron chi connectivity index (χ4n) is 2.34. The number of hydrogen-bond donors (Lipinski definition) is 3. The normalized spacial score (nSPS) is 15.7. The molecule has 10 heteroatoms. The molecule has 0 fully saturated rings. The number of likely N-dealkylation sites (N-methyl/N-ethyl adjacent to an activating group) is 1. The molecule has 2 heterocycles. The van der Waals surface area contributed by atoms with Crippen LogP contribution in [0.25, 0.3) is 0 Å². The van der Waals surface area contributed by atoms with Gasteiger partial charge in [0, 0.05) is 24.4 Å². The molecule has 0 saturated carbocycles. The van der Waals surface area contributed by atoms with Crippen molar-refractivity contribution in [1.29, 1.82) is 0 Å². The Labute approximate surface area is 155 Å². The highest BCUT2D eigenvalue weighted by Gasteiger charge is 2.26. The third-order valence-electron chi connectivity index (χ3n) is 3.57. The van der Waals surface area contributed by atoms with E-state index in [1.165, 1.54) is 11.3 Å². The number of ether oxygens (including phenoxy) is 1. The molecule has 3 N–H and O–H groups in total. The van der Waals surface area contributed by atoms with Gasteiger partial charge in [0.1, 0.15) is 11.6 Å². The summed E-state index contributed by atoms with van der Waals surface area (Å²) in [5.41, 5.74) is 0.191. The minimum Gasteiger partial charge on any atom is -0.480 e. The second-order valence-electron chi connectivity index (χ2n) is 7.12. The Kier molecular flexibility index (Phi) is 6.19. The summed E-state index contributed by atoms with van der Waals surface area (Å²) in [6.45, 7) is 6.40. The molecule has 144 valence electrons. The minimum atomic E-state index is -1.28. The smallest absolute Gasteiger partial charge is 0.407 e. The highest BCUT2D eigenvalue weighted by molar-refractivity contribution is 7.13. The summed E-state index contributed by atoms with van der Waals surface area (Å²) in [5.74, 6) is -1.82. The summed E-state index contributed by atoms with van der Waals surface area (Å²) in [5, 5.41) is 14.3. The molecule has 1 aromatic heterocycles. The van der Waals surface area contributed by atoms with Crippen molar-refractivity contribution < 1.29 is 24.2 Å². The van der Waals surface area contributed by atoms with E-state index in [1.807, 2.05) is 7.05 Å². The lowest BCUT2D eigenvalue weighted by molar-refractivity contribution is -0.139. The monoisotopic (exact) mass is 384 g/mol. The number of aliphatic carboxylic acids is 1. The molecule has 26 heavy (non-hydrogen) atoms. The zero-order chi connectivity index (χ0) is 19.5. The second-order valence-corrected chi connectivity index (χ2v) is 8.21. The summed E-state index contributed by atoms with van der Waals surface area (Å²) >= 11 is 1.26. The van der Waals surface area contributed by atoms with E-state index in [1.54, 1.807) is 20.8 Å². The van der Waals surface area contributed by atoms with E-state index in [9.17, 15) is 19.5 Å². The van der Waals surface area contributed by atoms with Gasteiger partial charge in [0.2, 0.25) is 0 Å². The summed E-state index contributed by atoms with van der Waals surface area (Å²) in [4.78, 5) is 42.8. The average molecular weight is 384 g/mol. The van der Waals surface area contributed by atoms with Crippen molar-refractivity contribution in [3.05, 3.63) is 15.6 Å². The number of rotatable bonds is 5. The molecule has 0 aromatic carbocycles. The molecule has 0 bridgehead atoms. The van der Waals surface area contributed by atoms with Gasteiger partial charge >= 0.3 is 12.1 Å². The van der Waals surface area contributed by atoms with Crippen molar-refractivity contribution in [1.82, 2.24) is 20.5 Å². The van der Waals surface area contributed by atoms with E-state index in [-0.39, 0.29) is 11.6 Å². The van der Waals surface area contributed by atoms with Crippen molar-refractivity contribution >= 4 is 29.3 Å². The number of nitrogens with one attached hydrogen (secondary N) is 2. The predicted molar refractivity (Wildman–Crippen MR) is 95.3 cm³/mol. The van der Waals surface area contributed by atoms with E-state index >= 15 is 0 Å². The van der Waals surface area contributed by atoms with Crippen LogP contribution in [0.1, 0.15) is 41.1 Å². The number of aromatic nitrogens is 1. The fourth-order valence-corrected chi connectivity index (χ4v) is 3.43. The molecule has 2 rings (SSSR count). The van der Waals surface area contributed by atoms with Crippen LogP contribution < -0.4 is 10.6 Å². The van der Waals surface area contributed by atoms with Crippen LogP contribution in [-0.2, 0) is 22.5 Å². The lowest BCUT2D eigenvalue weighted by Gasteiger charge is -2.21. The van der Waals surface area contributed by atoms with Crippen molar-refractivity contribution in [2.75, 3.05) is 20.1 Å². The molecule has 0 radical (unpaired) electrons. The first-order valence-corrected chi connectivity index (χ1v) is 9.04. The van der Waals surface area contributed by atoms with E-state index < -0.39 is 29.6 Å². The van der Waals surface area contributed by atoms with Crippen LogP contribution in [0.5, 0.6) is 0 Å². The standard InChI is InChI=1S/C16H24N4O5S/c1-16(2,3)25-15(24)17-7-10(14(22)23)18-12(21)13-19-9-5-6-20(4)8-11(9)26-13/h10H,5-8H2,1-4H3,(H,17,24)(H,18,21)(H,22,23)/t10-/m0/s1. The number of fused-ring (bicyclic) bond motifs is 1. The Morgan fingerprint density at radius 2 is 2.08 bits per heavy atom. The van der Waals surface area contributed by atoms with Crippen LogP contribution in [0.15, 0.2) is 0 Å². The van der Waals surface area contributed by atoms with Crippen LogP contribution >= 0.6 is 11.3 Å². The number of carboxylic acids is 1.